The van der Waals surface area contributed by atoms with Crippen LogP contribution in [0.2, 0.25) is 0 Å². The molecule has 19 heavy (non-hydrogen) atoms. The van der Waals surface area contributed by atoms with Gasteiger partial charge in [0.15, 0.2) is 0 Å². The van der Waals surface area contributed by atoms with Gasteiger partial charge in [-0.05, 0) is 31.7 Å². The molecule has 2 atom stereocenters. The van der Waals surface area contributed by atoms with Crippen LogP contribution in [0.1, 0.15) is 46.5 Å². The lowest BCUT2D eigenvalue weighted by atomic mass is 9.98. The maximum atomic E-state index is 12.6. The fourth-order valence-electron chi connectivity index (χ4n) is 2.33. The summed E-state index contributed by atoms with van der Waals surface area (Å²) in [4.78, 5) is 1.62. The summed E-state index contributed by atoms with van der Waals surface area (Å²) in [5, 5.41) is 3.41. The highest BCUT2D eigenvalue weighted by molar-refractivity contribution is 4.89. The number of nitrogens with one attached hydrogen (secondary N) is 1. The summed E-state index contributed by atoms with van der Waals surface area (Å²) < 4.78 is 37.9. The van der Waals surface area contributed by atoms with Crippen LogP contribution in [0.25, 0.3) is 0 Å². The van der Waals surface area contributed by atoms with Crippen molar-refractivity contribution >= 4 is 0 Å². The maximum Gasteiger partial charge on any atom is 0.401 e. The molecule has 0 radical (unpaired) electrons. The third-order valence-electron chi connectivity index (χ3n) is 3.86. The lowest BCUT2D eigenvalue weighted by Crippen LogP contribution is -2.48. The topological polar surface area (TPSA) is 15.3 Å². The highest BCUT2D eigenvalue weighted by atomic mass is 19.4. The fraction of sp³-hybridized carbons (Fsp3) is 1.00. The minimum atomic E-state index is -4.09. The smallest absolute Gasteiger partial charge is 0.312 e. The zero-order valence-electron chi connectivity index (χ0n) is 12.3. The van der Waals surface area contributed by atoms with Crippen LogP contribution in [0.3, 0.4) is 0 Å². The van der Waals surface area contributed by atoms with E-state index in [2.05, 4.69) is 26.1 Å². The first-order valence-corrected chi connectivity index (χ1v) is 7.41. The second-order valence-corrected chi connectivity index (χ2v) is 5.72. The zero-order valence-corrected chi connectivity index (χ0v) is 12.3. The molecule has 1 aliphatic rings. The van der Waals surface area contributed by atoms with Crippen LogP contribution in [0.15, 0.2) is 0 Å². The van der Waals surface area contributed by atoms with Crippen molar-refractivity contribution in [2.75, 3.05) is 19.6 Å². The lowest BCUT2D eigenvalue weighted by molar-refractivity contribution is -0.148. The third-order valence-corrected chi connectivity index (χ3v) is 3.86. The Bertz CT molecular complexity index is 252. The average molecular weight is 280 g/mol. The van der Waals surface area contributed by atoms with E-state index in [1.54, 1.807) is 4.90 Å². The molecule has 5 heteroatoms. The third kappa shape index (κ3) is 6.61. The first-order chi connectivity index (χ1) is 8.87. The quantitative estimate of drug-likeness (QED) is 0.696. The molecule has 1 fully saturated rings. The van der Waals surface area contributed by atoms with Gasteiger partial charge in [-0.25, -0.2) is 0 Å². The highest BCUT2D eigenvalue weighted by Crippen LogP contribution is 2.30. The Balaban J connectivity index is 2.56. The zero-order chi connectivity index (χ0) is 14.5. The molecule has 0 bridgehead atoms. The molecule has 0 aliphatic heterocycles. The van der Waals surface area contributed by atoms with Crippen LogP contribution < -0.4 is 5.32 Å². The fourth-order valence-corrected chi connectivity index (χ4v) is 2.33. The number of rotatable bonds is 9. The van der Waals surface area contributed by atoms with Crippen LogP contribution in [-0.4, -0.2) is 42.8 Å². The molecule has 2 nitrogen and oxygen atoms in total. The number of hydrogen-bond acceptors (Lipinski definition) is 2. The molecular weight excluding hydrogens is 253 g/mol. The molecule has 1 N–H and O–H groups in total. The van der Waals surface area contributed by atoms with Gasteiger partial charge >= 0.3 is 6.18 Å². The summed E-state index contributed by atoms with van der Waals surface area (Å²) in [5.41, 5.74) is 0. The Morgan fingerprint density at radius 2 is 1.89 bits per heavy atom. The van der Waals surface area contributed by atoms with Gasteiger partial charge in [-0.1, -0.05) is 27.2 Å². The molecule has 114 valence electrons. The van der Waals surface area contributed by atoms with E-state index in [0.29, 0.717) is 12.5 Å². The van der Waals surface area contributed by atoms with Crippen molar-refractivity contribution in [3.63, 3.8) is 0 Å². The van der Waals surface area contributed by atoms with E-state index in [0.717, 1.165) is 32.2 Å². The molecule has 0 aromatic heterocycles. The Kier molecular flexibility index (Phi) is 6.60. The predicted molar refractivity (Wildman–Crippen MR) is 72.2 cm³/mol. The number of halogens is 3. The summed E-state index contributed by atoms with van der Waals surface area (Å²) in [6, 6.07) is 0.310. The second kappa shape index (κ2) is 7.48. The Morgan fingerprint density at radius 3 is 2.32 bits per heavy atom. The summed E-state index contributed by atoms with van der Waals surface area (Å²) in [7, 11) is 0. The van der Waals surface area contributed by atoms with E-state index in [4.69, 9.17) is 0 Å². The van der Waals surface area contributed by atoms with E-state index >= 15 is 0 Å². The largest absolute Gasteiger partial charge is 0.401 e. The minimum absolute atomic E-state index is 0.150. The van der Waals surface area contributed by atoms with Crippen molar-refractivity contribution in [2.45, 2.75) is 64.7 Å². The monoisotopic (exact) mass is 280 g/mol. The van der Waals surface area contributed by atoms with Gasteiger partial charge in [0.2, 0.25) is 0 Å². The van der Waals surface area contributed by atoms with Gasteiger partial charge < -0.3 is 5.32 Å². The van der Waals surface area contributed by atoms with Gasteiger partial charge in [0.05, 0.1) is 6.54 Å². The SMILES string of the molecule is CCCNC(CN(CC(F)(F)F)C1CC1)C(C)CC. The van der Waals surface area contributed by atoms with Gasteiger partial charge in [-0.2, -0.15) is 13.2 Å². The van der Waals surface area contributed by atoms with Gasteiger partial charge in [-0.15, -0.1) is 0 Å². The van der Waals surface area contributed by atoms with E-state index < -0.39 is 12.7 Å². The van der Waals surface area contributed by atoms with Crippen LogP contribution >= 0.6 is 0 Å². The van der Waals surface area contributed by atoms with E-state index in [1.165, 1.54) is 0 Å². The second-order valence-electron chi connectivity index (χ2n) is 5.72. The number of nitrogens with zero attached hydrogens (tertiary/aromatic N) is 1. The Labute approximate surface area is 114 Å². The van der Waals surface area contributed by atoms with Crippen molar-refractivity contribution in [1.29, 1.82) is 0 Å². The molecular formula is C14H27F3N2. The van der Waals surface area contributed by atoms with Crippen molar-refractivity contribution < 1.29 is 13.2 Å². The summed E-state index contributed by atoms with van der Waals surface area (Å²) in [6.07, 6.45) is -0.261. The molecule has 0 aromatic carbocycles. The molecule has 0 aromatic rings. The highest BCUT2D eigenvalue weighted by Gasteiger charge is 2.39. The average Bonchev–Trinajstić information content (AvgIpc) is 3.14. The Morgan fingerprint density at radius 1 is 1.26 bits per heavy atom. The number of alkyl halides is 3. The lowest BCUT2D eigenvalue weighted by Gasteiger charge is -2.32. The van der Waals surface area contributed by atoms with Crippen molar-refractivity contribution in [3.05, 3.63) is 0 Å². The minimum Gasteiger partial charge on any atom is -0.312 e. The predicted octanol–water partition coefficient (Wildman–Crippen LogP) is 3.43. The summed E-state index contributed by atoms with van der Waals surface area (Å²) in [5.74, 6) is 0.404. The van der Waals surface area contributed by atoms with Gasteiger partial charge in [0.1, 0.15) is 0 Å². The normalized spacial score (nSPS) is 19.7. The van der Waals surface area contributed by atoms with Gasteiger partial charge in [-0.3, -0.25) is 4.90 Å². The van der Waals surface area contributed by atoms with Gasteiger partial charge in [0, 0.05) is 18.6 Å². The van der Waals surface area contributed by atoms with Crippen LogP contribution in [-0.2, 0) is 0 Å². The molecule has 0 amide bonds. The molecule has 2 unspecified atom stereocenters. The van der Waals surface area contributed by atoms with Gasteiger partial charge in [0.25, 0.3) is 0 Å². The van der Waals surface area contributed by atoms with E-state index in [1.807, 2.05) is 0 Å². The summed E-state index contributed by atoms with van der Waals surface area (Å²) >= 11 is 0. The van der Waals surface area contributed by atoms with E-state index in [9.17, 15) is 13.2 Å². The maximum absolute atomic E-state index is 12.6. The van der Waals surface area contributed by atoms with Crippen molar-refractivity contribution in [3.8, 4) is 0 Å². The molecule has 0 saturated heterocycles. The van der Waals surface area contributed by atoms with Crippen LogP contribution in [0, 0.1) is 5.92 Å². The van der Waals surface area contributed by atoms with Crippen molar-refractivity contribution in [1.82, 2.24) is 10.2 Å². The van der Waals surface area contributed by atoms with Crippen LogP contribution in [0.4, 0.5) is 13.2 Å². The van der Waals surface area contributed by atoms with Crippen molar-refractivity contribution in [2.24, 2.45) is 5.92 Å². The first kappa shape index (κ1) is 16.8. The molecule has 0 spiro atoms. The Hall–Kier alpha value is -0.290. The van der Waals surface area contributed by atoms with Crippen LogP contribution in [0.5, 0.6) is 0 Å². The standard InChI is InChI=1S/C14H27F3N2/c1-4-8-18-13(11(3)5-2)9-19(12-6-7-12)10-14(15,16)17/h11-13,18H,4-10H2,1-3H3. The number of hydrogen-bond donors (Lipinski definition) is 1. The molecule has 1 rings (SSSR count). The summed E-state index contributed by atoms with van der Waals surface area (Å²) in [6.45, 7) is 6.91. The molecule has 0 heterocycles. The molecule has 1 saturated carbocycles. The molecule has 1 aliphatic carbocycles. The van der Waals surface area contributed by atoms with E-state index in [-0.39, 0.29) is 12.1 Å². The first-order valence-electron chi connectivity index (χ1n) is 7.41.